The number of ether oxygens (including phenoxy) is 1. The van der Waals surface area contributed by atoms with Crippen molar-refractivity contribution in [2.24, 2.45) is 0 Å². The van der Waals surface area contributed by atoms with Crippen LogP contribution in [0.1, 0.15) is 26.2 Å². The van der Waals surface area contributed by atoms with Gasteiger partial charge in [0, 0.05) is 6.42 Å². The summed E-state index contributed by atoms with van der Waals surface area (Å²) in [6.07, 6.45) is -4.55. The highest BCUT2D eigenvalue weighted by Gasteiger charge is 2.43. The Hall–Kier alpha value is -0.730. The topological polar surface area (TPSA) is 119 Å². The van der Waals surface area contributed by atoms with Gasteiger partial charge in [0.25, 0.3) is 0 Å². The number of amides is 1. The maximum atomic E-state index is 11.5. The molecule has 1 aliphatic heterocycles. The molecule has 0 saturated carbocycles. The molecule has 0 aliphatic carbocycles. The van der Waals surface area contributed by atoms with E-state index in [1.54, 1.807) is 0 Å². The predicted molar refractivity (Wildman–Crippen MR) is 61.4 cm³/mol. The summed E-state index contributed by atoms with van der Waals surface area (Å²) in [6, 6.07) is 0. The van der Waals surface area contributed by atoms with Gasteiger partial charge in [0.2, 0.25) is 5.91 Å². The summed E-state index contributed by atoms with van der Waals surface area (Å²) in [7, 11) is 0. The van der Waals surface area contributed by atoms with Gasteiger partial charge in [0.05, 0.1) is 6.61 Å². The van der Waals surface area contributed by atoms with Gasteiger partial charge in [0.1, 0.15) is 24.4 Å². The van der Waals surface area contributed by atoms with Gasteiger partial charge in [-0.25, -0.2) is 0 Å². The second-order valence-corrected chi connectivity index (χ2v) is 4.42. The van der Waals surface area contributed by atoms with E-state index >= 15 is 0 Å². The number of nitrogens with one attached hydrogen (secondary N) is 1. The molecule has 7 nitrogen and oxygen atoms in total. The first-order valence-electron chi connectivity index (χ1n) is 6.11. The van der Waals surface area contributed by atoms with E-state index in [-0.39, 0.29) is 5.91 Å². The number of rotatable bonds is 5. The van der Waals surface area contributed by atoms with Crippen molar-refractivity contribution in [2.45, 2.75) is 56.8 Å². The molecule has 0 radical (unpaired) electrons. The summed E-state index contributed by atoms with van der Waals surface area (Å²) < 4.78 is 5.14. The van der Waals surface area contributed by atoms with E-state index in [1.165, 1.54) is 0 Å². The first-order valence-corrected chi connectivity index (χ1v) is 6.11. The fourth-order valence-electron chi connectivity index (χ4n) is 1.79. The van der Waals surface area contributed by atoms with E-state index in [2.05, 4.69) is 5.32 Å². The minimum absolute atomic E-state index is 0.297. The summed E-state index contributed by atoms with van der Waals surface area (Å²) >= 11 is 0. The molecule has 1 rings (SSSR count). The van der Waals surface area contributed by atoms with Gasteiger partial charge < -0.3 is 30.5 Å². The molecule has 0 aromatic rings. The molecule has 7 heteroatoms. The van der Waals surface area contributed by atoms with Gasteiger partial charge in [-0.2, -0.15) is 0 Å². The summed E-state index contributed by atoms with van der Waals surface area (Å²) in [4.78, 5) is 11.5. The van der Waals surface area contributed by atoms with E-state index in [1.807, 2.05) is 6.92 Å². The van der Waals surface area contributed by atoms with Crippen molar-refractivity contribution >= 4 is 5.91 Å². The molecule has 18 heavy (non-hydrogen) atoms. The Balaban J connectivity index is 2.56. The molecule has 1 fully saturated rings. The zero-order chi connectivity index (χ0) is 13.7. The molecule has 106 valence electrons. The summed E-state index contributed by atoms with van der Waals surface area (Å²) in [5.41, 5.74) is 0. The number of hydrogen-bond acceptors (Lipinski definition) is 6. The second-order valence-electron chi connectivity index (χ2n) is 4.42. The standard InChI is InChI=1S/C11H21NO6/c1-2-3-4-7(14)12-11-10(17)9(16)8(15)6(5-13)18-11/h6,8-11,13,15-17H,2-5H2,1H3,(H,12,14). The number of aliphatic hydroxyl groups is 4. The first kappa shape index (κ1) is 15.3. The fraction of sp³-hybridized carbons (Fsp3) is 0.909. The Kier molecular flexibility index (Phi) is 5.97. The van der Waals surface area contributed by atoms with Crippen LogP contribution in [0.4, 0.5) is 0 Å². The monoisotopic (exact) mass is 263 g/mol. The molecular weight excluding hydrogens is 242 g/mol. The molecule has 0 aromatic carbocycles. The lowest BCUT2D eigenvalue weighted by Gasteiger charge is -2.40. The van der Waals surface area contributed by atoms with Crippen molar-refractivity contribution < 1.29 is 30.0 Å². The first-order chi connectivity index (χ1) is 8.51. The Bertz CT molecular complexity index is 272. The van der Waals surface area contributed by atoms with Crippen LogP contribution in [-0.4, -0.2) is 63.6 Å². The van der Waals surface area contributed by atoms with E-state index in [9.17, 15) is 20.1 Å². The molecule has 0 bridgehead atoms. The molecule has 5 atom stereocenters. The lowest BCUT2D eigenvalue weighted by atomic mass is 9.98. The molecule has 1 aliphatic rings. The van der Waals surface area contributed by atoms with Gasteiger partial charge in [0.15, 0.2) is 6.23 Å². The molecule has 0 aromatic heterocycles. The van der Waals surface area contributed by atoms with E-state index in [4.69, 9.17) is 9.84 Å². The van der Waals surface area contributed by atoms with Crippen LogP contribution < -0.4 is 5.32 Å². The average Bonchev–Trinajstić information content (AvgIpc) is 2.37. The van der Waals surface area contributed by atoms with Crippen LogP contribution in [0.3, 0.4) is 0 Å². The molecule has 1 amide bonds. The highest BCUT2D eigenvalue weighted by molar-refractivity contribution is 5.76. The quantitative estimate of drug-likeness (QED) is 0.395. The number of aliphatic hydroxyl groups excluding tert-OH is 4. The van der Waals surface area contributed by atoms with Crippen molar-refractivity contribution in [3.8, 4) is 0 Å². The van der Waals surface area contributed by atoms with Crippen molar-refractivity contribution in [3.05, 3.63) is 0 Å². The number of hydrogen-bond donors (Lipinski definition) is 5. The fourth-order valence-corrected chi connectivity index (χ4v) is 1.79. The third-order valence-corrected chi connectivity index (χ3v) is 2.95. The zero-order valence-corrected chi connectivity index (χ0v) is 10.3. The maximum absolute atomic E-state index is 11.5. The molecule has 1 saturated heterocycles. The van der Waals surface area contributed by atoms with Gasteiger partial charge in [-0.1, -0.05) is 13.3 Å². The minimum atomic E-state index is -1.47. The molecule has 1 heterocycles. The van der Waals surface area contributed by atoms with Crippen LogP contribution >= 0.6 is 0 Å². The van der Waals surface area contributed by atoms with Gasteiger partial charge in [-0.05, 0) is 6.42 Å². The molecule has 5 unspecified atom stereocenters. The highest BCUT2D eigenvalue weighted by atomic mass is 16.6. The maximum Gasteiger partial charge on any atom is 0.222 e. The molecule has 5 N–H and O–H groups in total. The Morgan fingerprint density at radius 3 is 2.44 bits per heavy atom. The highest BCUT2D eigenvalue weighted by Crippen LogP contribution is 2.19. The van der Waals surface area contributed by atoms with Crippen LogP contribution in [-0.2, 0) is 9.53 Å². The summed E-state index contributed by atoms with van der Waals surface area (Å²) in [5, 5.41) is 40.1. The van der Waals surface area contributed by atoms with Crippen LogP contribution in [0.2, 0.25) is 0 Å². The Labute approximate surface area is 105 Å². The Morgan fingerprint density at radius 2 is 1.89 bits per heavy atom. The Morgan fingerprint density at radius 1 is 1.22 bits per heavy atom. The van der Waals surface area contributed by atoms with Crippen LogP contribution in [0, 0.1) is 0 Å². The second kappa shape index (κ2) is 7.01. The average molecular weight is 263 g/mol. The van der Waals surface area contributed by atoms with Crippen LogP contribution in [0.25, 0.3) is 0 Å². The van der Waals surface area contributed by atoms with Crippen LogP contribution in [0.15, 0.2) is 0 Å². The van der Waals surface area contributed by atoms with E-state index < -0.39 is 37.3 Å². The van der Waals surface area contributed by atoms with Gasteiger partial charge >= 0.3 is 0 Å². The summed E-state index contributed by atoms with van der Waals surface area (Å²) in [5.74, 6) is -0.304. The van der Waals surface area contributed by atoms with Crippen molar-refractivity contribution in [1.82, 2.24) is 5.32 Å². The smallest absolute Gasteiger partial charge is 0.222 e. The van der Waals surface area contributed by atoms with E-state index in [0.29, 0.717) is 12.8 Å². The number of carbonyl (C=O) groups excluding carboxylic acids is 1. The van der Waals surface area contributed by atoms with Crippen molar-refractivity contribution in [1.29, 1.82) is 0 Å². The summed E-state index contributed by atoms with van der Waals surface area (Å²) in [6.45, 7) is 1.44. The minimum Gasteiger partial charge on any atom is -0.394 e. The van der Waals surface area contributed by atoms with E-state index in [0.717, 1.165) is 6.42 Å². The van der Waals surface area contributed by atoms with Gasteiger partial charge in [-0.3, -0.25) is 4.79 Å². The van der Waals surface area contributed by atoms with Crippen molar-refractivity contribution in [2.75, 3.05) is 6.61 Å². The largest absolute Gasteiger partial charge is 0.394 e. The van der Waals surface area contributed by atoms with Crippen LogP contribution in [0.5, 0.6) is 0 Å². The lowest BCUT2D eigenvalue weighted by Crippen LogP contribution is -2.63. The number of unbranched alkanes of at least 4 members (excludes halogenated alkanes) is 1. The predicted octanol–water partition coefficient (Wildman–Crippen LogP) is -1.91. The third-order valence-electron chi connectivity index (χ3n) is 2.95. The third kappa shape index (κ3) is 3.63. The van der Waals surface area contributed by atoms with Crippen molar-refractivity contribution in [3.63, 3.8) is 0 Å². The molecule has 0 spiro atoms. The lowest BCUT2D eigenvalue weighted by molar-refractivity contribution is -0.236. The number of carbonyl (C=O) groups is 1. The molecular formula is C11H21NO6. The van der Waals surface area contributed by atoms with Gasteiger partial charge in [-0.15, -0.1) is 0 Å². The normalized spacial score (nSPS) is 36.4. The SMILES string of the molecule is CCCCC(=O)NC1OC(CO)C(O)C(O)C1O. The zero-order valence-electron chi connectivity index (χ0n) is 10.3.